The molecule has 0 aliphatic carbocycles. The highest BCUT2D eigenvalue weighted by Crippen LogP contribution is 2.15. The second kappa shape index (κ2) is 9.50. The van der Waals surface area contributed by atoms with Crippen LogP contribution in [0.2, 0.25) is 0 Å². The van der Waals surface area contributed by atoms with Gasteiger partial charge in [0.25, 0.3) is 5.91 Å². The van der Waals surface area contributed by atoms with Crippen molar-refractivity contribution in [1.82, 2.24) is 15.5 Å². The second-order valence-electron chi connectivity index (χ2n) is 7.13. The Balaban J connectivity index is 1.39. The van der Waals surface area contributed by atoms with E-state index in [0.29, 0.717) is 31.8 Å². The normalized spacial score (nSPS) is 20.6. The molecular formula is C20H27N3O4. The first-order valence-corrected chi connectivity index (χ1v) is 9.63. The van der Waals surface area contributed by atoms with Crippen molar-refractivity contribution in [2.45, 2.75) is 38.1 Å². The van der Waals surface area contributed by atoms with Crippen LogP contribution in [0.1, 0.15) is 31.2 Å². The minimum Gasteiger partial charge on any atom is -0.381 e. The molecule has 1 atom stereocenters. The lowest BCUT2D eigenvalue weighted by molar-refractivity contribution is -0.127. The van der Waals surface area contributed by atoms with Gasteiger partial charge in [0.15, 0.2) is 0 Å². The van der Waals surface area contributed by atoms with E-state index in [4.69, 9.17) is 4.74 Å². The number of benzene rings is 1. The number of carbonyl (C=O) groups is 3. The van der Waals surface area contributed by atoms with Crippen LogP contribution < -0.4 is 10.6 Å². The predicted octanol–water partition coefficient (Wildman–Crippen LogP) is 1.47. The number of amides is 4. The highest BCUT2D eigenvalue weighted by Gasteiger charge is 2.37. The van der Waals surface area contributed by atoms with E-state index in [1.807, 2.05) is 30.3 Å². The summed E-state index contributed by atoms with van der Waals surface area (Å²) in [6.07, 6.45) is 3.11. The average molecular weight is 373 g/mol. The topological polar surface area (TPSA) is 87.7 Å². The molecule has 0 radical (unpaired) electrons. The highest BCUT2D eigenvalue weighted by atomic mass is 16.5. The molecule has 2 saturated heterocycles. The maximum Gasteiger partial charge on any atom is 0.324 e. The Bertz CT molecular complexity index is 658. The number of rotatable bonds is 8. The maximum atomic E-state index is 12.5. The van der Waals surface area contributed by atoms with Crippen LogP contribution in [0.4, 0.5) is 4.79 Å². The molecule has 4 amide bonds. The quantitative estimate of drug-likeness (QED) is 0.676. The first-order valence-electron chi connectivity index (χ1n) is 9.63. The van der Waals surface area contributed by atoms with Crippen LogP contribution in [-0.2, 0) is 20.7 Å². The third-order valence-electron chi connectivity index (χ3n) is 5.16. The zero-order valence-electron chi connectivity index (χ0n) is 15.5. The molecule has 7 nitrogen and oxygen atoms in total. The molecule has 2 aliphatic rings. The van der Waals surface area contributed by atoms with E-state index in [0.717, 1.165) is 31.6 Å². The summed E-state index contributed by atoms with van der Waals surface area (Å²) in [7, 11) is 0. The van der Waals surface area contributed by atoms with Crippen molar-refractivity contribution in [3.63, 3.8) is 0 Å². The van der Waals surface area contributed by atoms with Crippen molar-refractivity contribution in [1.29, 1.82) is 0 Å². The number of urea groups is 1. The van der Waals surface area contributed by atoms with Gasteiger partial charge in [-0.3, -0.25) is 14.5 Å². The Kier molecular flexibility index (Phi) is 6.81. The Morgan fingerprint density at radius 2 is 1.93 bits per heavy atom. The molecule has 0 unspecified atom stereocenters. The SMILES string of the molecule is O=C(CC[C@@H]1NC(=O)N(CCc2ccccc2)C1=O)NCC1CCOCC1. The molecular weight excluding hydrogens is 346 g/mol. The molecule has 0 bridgehead atoms. The standard InChI is InChI=1S/C20H27N3O4/c24-18(21-14-16-9-12-27-13-10-16)7-6-17-19(25)23(20(26)22-17)11-8-15-4-2-1-3-5-15/h1-5,16-17H,6-14H2,(H,21,24)(H,22,26)/t17-/m0/s1. The van der Waals surface area contributed by atoms with Crippen molar-refractivity contribution in [3.05, 3.63) is 35.9 Å². The van der Waals surface area contributed by atoms with Crippen LogP contribution in [0.5, 0.6) is 0 Å². The van der Waals surface area contributed by atoms with Gasteiger partial charge in [0.05, 0.1) is 0 Å². The fourth-order valence-corrected chi connectivity index (χ4v) is 3.44. The minimum atomic E-state index is -0.609. The average Bonchev–Trinajstić information content (AvgIpc) is 2.97. The van der Waals surface area contributed by atoms with Crippen LogP contribution in [0.3, 0.4) is 0 Å². The van der Waals surface area contributed by atoms with Crippen LogP contribution in [-0.4, -0.2) is 55.1 Å². The van der Waals surface area contributed by atoms with Gasteiger partial charge >= 0.3 is 6.03 Å². The lowest BCUT2D eigenvalue weighted by atomic mass is 10.0. The molecule has 7 heteroatoms. The van der Waals surface area contributed by atoms with Gasteiger partial charge in [-0.2, -0.15) is 0 Å². The second-order valence-corrected chi connectivity index (χ2v) is 7.13. The molecule has 3 rings (SSSR count). The van der Waals surface area contributed by atoms with Crippen molar-refractivity contribution in [2.24, 2.45) is 5.92 Å². The highest BCUT2D eigenvalue weighted by molar-refractivity contribution is 6.04. The summed E-state index contributed by atoms with van der Waals surface area (Å²) in [6.45, 7) is 2.50. The third kappa shape index (κ3) is 5.53. The summed E-state index contributed by atoms with van der Waals surface area (Å²) in [6, 6.07) is 8.76. The third-order valence-corrected chi connectivity index (χ3v) is 5.16. The number of hydrogen-bond donors (Lipinski definition) is 2. The number of carbonyl (C=O) groups excluding carboxylic acids is 3. The van der Waals surface area contributed by atoms with Gasteiger partial charge in [-0.25, -0.2) is 4.79 Å². The van der Waals surface area contributed by atoms with Crippen molar-refractivity contribution in [2.75, 3.05) is 26.3 Å². The number of imide groups is 1. The van der Waals surface area contributed by atoms with E-state index in [9.17, 15) is 14.4 Å². The van der Waals surface area contributed by atoms with Crippen LogP contribution in [0, 0.1) is 5.92 Å². The summed E-state index contributed by atoms with van der Waals surface area (Å²) >= 11 is 0. The van der Waals surface area contributed by atoms with Gasteiger partial charge in [-0.05, 0) is 37.2 Å². The number of ether oxygens (including phenoxy) is 1. The van der Waals surface area contributed by atoms with Crippen molar-refractivity contribution in [3.8, 4) is 0 Å². The number of nitrogens with zero attached hydrogens (tertiary/aromatic N) is 1. The van der Waals surface area contributed by atoms with Gasteiger partial charge in [0.1, 0.15) is 6.04 Å². The molecule has 0 saturated carbocycles. The van der Waals surface area contributed by atoms with Crippen molar-refractivity contribution >= 4 is 17.8 Å². The molecule has 27 heavy (non-hydrogen) atoms. The monoisotopic (exact) mass is 373 g/mol. The lowest BCUT2D eigenvalue weighted by Crippen LogP contribution is -2.35. The molecule has 1 aromatic rings. The molecule has 2 aliphatic heterocycles. The van der Waals surface area contributed by atoms with E-state index in [2.05, 4.69) is 10.6 Å². The Morgan fingerprint density at radius 1 is 1.19 bits per heavy atom. The van der Waals surface area contributed by atoms with Crippen LogP contribution in [0.25, 0.3) is 0 Å². The largest absolute Gasteiger partial charge is 0.381 e. The Hall–Kier alpha value is -2.41. The molecule has 2 fully saturated rings. The van der Waals surface area contributed by atoms with E-state index in [-0.39, 0.29) is 24.3 Å². The molecule has 1 aromatic carbocycles. The van der Waals surface area contributed by atoms with Gasteiger partial charge in [-0.15, -0.1) is 0 Å². The number of hydrogen-bond acceptors (Lipinski definition) is 4. The Labute approximate surface area is 159 Å². The van der Waals surface area contributed by atoms with E-state index in [1.54, 1.807) is 0 Å². The molecule has 2 N–H and O–H groups in total. The summed E-state index contributed by atoms with van der Waals surface area (Å²) in [5.41, 5.74) is 1.08. The Morgan fingerprint density at radius 3 is 2.67 bits per heavy atom. The fraction of sp³-hybridized carbons (Fsp3) is 0.550. The minimum absolute atomic E-state index is 0.0775. The summed E-state index contributed by atoms with van der Waals surface area (Å²) in [5.74, 6) is 0.142. The fourth-order valence-electron chi connectivity index (χ4n) is 3.44. The van der Waals surface area contributed by atoms with Crippen molar-refractivity contribution < 1.29 is 19.1 Å². The smallest absolute Gasteiger partial charge is 0.324 e. The van der Waals surface area contributed by atoms with Gasteiger partial charge in [-0.1, -0.05) is 30.3 Å². The maximum absolute atomic E-state index is 12.5. The van der Waals surface area contributed by atoms with Crippen LogP contribution >= 0.6 is 0 Å². The van der Waals surface area contributed by atoms with E-state index < -0.39 is 6.04 Å². The molecule has 0 aromatic heterocycles. The molecule has 146 valence electrons. The molecule has 0 spiro atoms. The van der Waals surface area contributed by atoms with Crippen LogP contribution in [0.15, 0.2) is 30.3 Å². The first-order chi connectivity index (χ1) is 13.1. The van der Waals surface area contributed by atoms with E-state index >= 15 is 0 Å². The van der Waals surface area contributed by atoms with Gasteiger partial charge in [0.2, 0.25) is 5.91 Å². The summed E-state index contributed by atoms with van der Waals surface area (Å²) < 4.78 is 5.31. The van der Waals surface area contributed by atoms with E-state index in [1.165, 1.54) is 4.90 Å². The zero-order valence-corrected chi connectivity index (χ0v) is 15.5. The zero-order chi connectivity index (χ0) is 19.1. The summed E-state index contributed by atoms with van der Waals surface area (Å²) in [4.78, 5) is 37.8. The van der Waals surface area contributed by atoms with Gasteiger partial charge in [0, 0.05) is 32.7 Å². The van der Waals surface area contributed by atoms with Gasteiger partial charge < -0.3 is 15.4 Å². The summed E-state index contributed by atoms with van der Waals surface area (Å²) in [5, 5.41) is 5.62. The predicted molar refractivity (Wildman–Crippen MR) is 100.0 cm³/mol. The lowest BCUT2D eigenvalue weighted by Gasteiger charge is -2.22. The first kappa shape index (κ1) is 19.4. The number of nitrogens with one attached hydrogen (secondary N) is 2. The molecule has 2 heterocycles.